The zero-order valence-electron chi connectivity index (χ0n) is 9.42. The maximum atomic E-state index is 11.8. The molecule has 0 aliphatic rings. The third-order valence-corrected chi connectivity index (χ3v) is 2.55. The van der Waals surface area contributed by atoms with E-state index >= 15 is 0 Å². The first-order chi connectivity index (χ1) is 7.85. The third-order valence-electron chi connectivity index (χ3n) is 2.05. The van der Waals surface area contributed by atoms with Crippen LogP contribution in [0.4, 0.5) is 0 Å². The number of nitrogens with one attached hydrogen (secondary N) is 1. The van der Waals surface area contributed by atoms with E-state index in [9.17, 15) is 4.79 Å². The summed E-state index contributed by atoms with van der Waals surface area (Å²) in [6, 6.07) is 5.06. The highest BCUT2D eigenvalue weighted by atomic mass is 35.5. The Morgan fingerprint density at radius 2 is 2.18 bits per heavy atom. The minimum Gasteiger partial charge on any atom is -0.350 e. The topological polar surface area (TPSA) is 65.8 Å². The van der Waals surface area contributed by atoms with Crippen LogP contribution in [-0.2, 0) is 0 Å². The second kappa shape index (κ2) is 5.35. The van der Waals surface area contributed by atoms with Gasteiger partial charge in [0.15, 0.2) is 0 Å². The Labute approximate surface area is 110 Å². The fourth-order valence-corrected chi connectivity index (χ4v) is 1.45. The first kappa shape index (κ1) is 13.8. The highest BCUT2D eigenvalue weighted by Crippen LogP contribution is 2.17. The second-order valence-corrected chi connectivity index (χ2v) is 4.90. The van der Waals surface area contributed by atoms with Crippen molar-refractivity contribution in [3.63, 3.8) is 0 Å². The van der Waals surface area contributed by atoms with Crippen LogP contribution in [0.15, 0.2) is 12.1 Å². The number of rotatable bonds is 3. The van der Waals surface area contributed by atoms with Gasteiger partial charge in [-0.05, 0) is 26.0 Å². The molecule has 1 N–H and O–H groups in total. The molecule has 0 spiro atoms. The Kier molecular flexibility index (Phi) is 4.33. The quantitative estimate of drug-likeness (QED) is 0.860. The van der Waals surface area contributed by atoms with Crippen LogP contribution < -0.4 is 5.32 Å². The van der Waals surface area contributed by atoms with Crippen LogP contribution in [0.3, 0.4) is 0 Å². The van der Waals surface area contributed by atoms with Gasteiger partial charge < -0.3 is 5.32 Å². The second-order valence-electron chi connectivity index (χ2n) is 4.15. The largest absolute Gasteiger partial charge is 0.350 e. The highest BCUT2D eigenvalue weighted by molar-refractivity contribution is 6.34. The van der Waals surface area contributed by atoms with E-state index in [1.54, 1.807) is 13.8 Å². The van der Waals surface area contributed by atoms with E-state index < -0.39 is 5.41 Å². The summed E-state index contributed by atoms with van der Waals surface area (Å²) >= 11 is 11.4. The molecule has 1 rings (SSSR count). The predicted octanol–water partition coefficient (Wildman–Crippen LogP) is 2.67. The Bertz CT molecular complexity index is 480. The molecular weight excluding hydrogens is 261 g/mol. The molecule has 17 heavy (non-hydrogen) atoms. The van der Waals surface area contributed by atoms with Crippen molar-refractivity contribution in [1.82, 2.24) is 10.3 Å². The van der Waals surface area contributed by atoms with Crippen LogP contribution in [0.1, 0.15) is 24.2 Å². The summed E-state index contributed by atoms with van der Waals surface area (Å²) in [4.78, 5) is 15.5. The lowest BCUT2D eigenvalue weighted by Gasteiger charge is -2.15. The predicted molar refractivity (Wildman–Crippen MR) is 66.0 cm³/mol. The zero-order valence-corrected chi connectivity index (χ0v) is 10.9. The van der Waals surface area contributed by atoms with Crippen molar-refractivity contribution in [3.8, 4) is 6.07 Å². The summed E-state index contributed by atoms with van der Waals surface area (Å²) in [6.45, 7) is 3.70. The molecule has 0 fully saturated rings. The Morgan fingerprint density at radius 1 is 1.53 bits per heavy atom. The monoisotopic (exact) mass is 271 g/mol. The van der Waals surface area contributed by atoms with Crippen LogP contribution >= 0.6 is 23.2 Å². The molecule has 0 aromatic carbocycles. The molecule has 4 nitrogen and oxygen atoms in total. The van der Waals surface area contributed by atoms with E-state index in [1.165, 1.54) is 12.1 Å². The van der Waals surface area contributed by atoms with Gasteiger partial charge >= 0.3 is 0 Å². The van der Waals surface area contributed by atoms with Gasteiger partial charge in [0.05, 0.1) is 17.0 Å². The maximum absolute atomic E-state index is 11.8. The zero-order chi connectivity index (χ0) is 13.1. The average molecular weight is 272 g/mol. The van der Waals surface area contributed by atoms with Crippen molar-refractivity contribution in [1.29, 1.82) is 5.26 Å². The molecule has 0 radical (unpaired) electrons. The number of hydrogen-bond donors (Lipinski definition) is 1. The van der Waals surface area contributed by atoms with Gasteiger partial charge in [-0.15, -0.1) is 0 Å². The third kappa shape index (κ3) is 3.88. The molecule has 0 aliphatic carbocycles. The van der Waals surface area contributed by atoms with Crippen LogP contribution in [0.5, 0.6) is 0 Å². The number of carbonyl (C=O) groups excluding carboxylic acids is 1. The molecule has 0 saturated heterocycles. The van der Waals surface area contributed by atoms with E-state index in [0.29, 0.717) is 0 Å². The Morgan fingerprint density at radius 3 is 2.71 bits per heavy atom. The van der Waals surface area contributed by atoms with Crippen LogP contribution in [0, 0.1) is 16.7 Å². The molecule has 1 aromatic heterocycles. The van der Waals surface area contributed by atoms with E-state index in [2.05, 4.69) is 16.4 Å². The molecule has 0 atom stereocenters. The van der Waals surface area contributed by atoms with Crippen molar-refractivity contribution < 1.29 is 4.79 Å². The number of amides is 1. The van der Waals surface area contributed by atoms with Crippen molar-refractivity contribution in [3.05, 3.63) is 28.0 Å². The molecule has 1 heterocycles. The fraction of sp³-hybridized carbons (Fsp3) is 0.364. The Balaban J connectivity index is 2.75. The smallest absolute Gasteiger partial charge is 0.254 e. The number of nitriles is 1. The first-order valence-electron chi connectivity index (χ1n) is 4.87. The summed E-state index contributed by atoms with van der Waals surface area (Å²) in [6.07, 6.45) is 0. The molecular formula is C11H11Cl2N3O. The van der Waals surface area contributed by atoms with Crippen LogP contribution in [0.2, 0.25) is 10.3 Å². The summed E-state index contributed by atoms with van der Waals surface area (Å²) in [5, 5.41) is 11.7. The summed E-state index contributed by atoms with van der Waals surface area (Å²) in [7, 11) is 0. The Hall–Kier alpha value is -1.31. The van der Waals surface area contributed by atoms with Gasteiger partial charge in [-0.3, -0.25) is 4.79 Å². The minimum atomic E-state index is -0.623. The SMILES string of the molecule is CC(C)(C#N)CNC(=O)c1ccc(Cl)nc1Cl. The number of nitrogens with zero attached hydrogens (tertiary/aromatic N) is 2. The molecule has 0 unspecified atom stereocenters. The standard InChI is InChI=1S/C11H11Cl2N3O/c1-11(2,5-14)6-15-10(17)7-3-4-8(12)16-9(7)13/h3-4H,6H2,1-2H3,(H,15,17). The molecule has 1 aromatic rings. The number of halogens is 2. The lowest BCUT2D eigenvalue weighted by Crippen LogP contribution is -2.33. The molecule has 90 valence electrons. The van der Waals surface area contributed by atoms with Crippen LogP contribution in [0.25, 0.3) is 0 Å². The fourth-order valence-electron chi connectivity index (χ4n) is 1.02. The van der Waals surface area contributed by atoms with E-state index in [0.717, 1.165) is 0 Å². The average Bonchev–Trinajstić information content (AvgIpc) is 2.26. The summed E-state index contributed by atoms with van der Waals surface area (Å²) in [5.74, 6) is -0.373. The maximum Gasteiger partial charge on any atom is 0.254 e. The van der Waals surface area contributed by atoms with E-state index in [1.807, 2.05) is 0 Å². The number of hydrogen-bond acceptors (Lipinski definition) is 3. The van der Waals surface area contributed by atoms with Gasteiger partial charge in [0.2, 0.25) is 0 Å². The molecule has 6 heteroatoms. The number of aromatic nitrogens is 1. The molecule has 0 bridgehead atoms. The summed E-state index contributed by atoms with van der Waals surface area (Å²) < 4.78 is 0. The van der Waals surface area contributed by atoms with Gasteiger partial charge in [-0.25, -0.2) is 4.98 Å². The molecule has 0 aliphatic heterocycles. The van der Waals surface area contributed by atoms with Crippen molar-refractivity contribution >= 4 is 29.1 Å². The minimum absolute atomic E-state index is 0.0461. The molecule has 1 amide bonds. The van der Waals surface area contributed by atoms with Gasteiger partial charge in [-0.2, -0.15) is 5.26 Å². The van der Waals surface area contributed by atoms with Crippen molar-refractivity contribution in [2.45, 2.75) is 13.8 Å². The van der Waals surface area contributed by atoms with E-state index in [-0.39, 0.29) is 28.3 Å². The lowest BCUT2D eigenvalue weighted by molar-refractivity contribution is 0.0943. The van der Waals surface area contributed by atoms with Gasteiger partial charge in [0, 0.05) is 6.54 Å². The van der Waals surface area contributed by atoms with Crippen molar-refractivity contribution in [2.75, 3.05) is 6.54 Å². The lowest BCUT2D eigenvalue weighted by atomic mass is 9.96. The normalized spacial score (nSPS) is 10.8. The van der Waals surface area contributed by atoms with Crippen LogP contribution in [-0.4, -0.2) is 17.4 Å². The first-order valence-corrected chi connectivity index (χ1v) is 5.63. The van der Waals surface area contributed by atoms with Gasteiger partial charge in [0.25, 0.3) is 5.91 Å². The van der Waals surface area contributed by atoms with Gasteiger partial charge in [-0.1, -0.05) is 23.2 Å². The van der Waals surface area contributed by atoms with Crippen molar-refractivity contribution in [2.24, 2.45) is 5.41 Å². The van der Waals surface area contributed by atoms with E-state index in [4.69, 9.17) is 28.5 Å². The molecule has 0 saturated carbocycles. The summed E-state index contributed by atoms with van der Waals surface area (Å²) in [5.41, 5.74) is -0.382. The van der Waals surface area contributed by atoms with Gasteiger partial charge in [0.1, 0.15) is 10.3 Å². The highest BCUT2D eigenvalue weighted by Gasteiger charge is 2.19. The number of pyridine rings is 1. The number of carbonyl (C=O) groups is 1.